The van der Waals surface area contributed by atoms with Crippen LogP contribution in [0.3, 0.4) is 0 Å². The summed E-state index contributed by atoms with van der Waals surface area (Å²) in [7, 11) is 2.98. The fraction of sp³-hybridized carbons (Fsp3) is 0.222. The van der Waals surface area contributed by atoms with Crippen LogP contribution in [0.1, 0.15) is 27.5 Å². The maximum absolute atomic E-state index is 13.4. The van der Waals surface area contributed by atoms with Gasteiger partial charge in [0.05, 0.1) is 20.3 Å². The van der Waals surface area contributed by atoms with E-state index in [4.69, 9.17) is 9.47 Å². The van der Waals surface area contributed by atoms with E-state index in [1.54, 1.807) is 25.1 Å². The summed E-state index contributed by atoms with van der Waals surface area (Å²) in [5.74, 6) is -0.0607. The van der Waals surface area contributed by atoms with Gasteiger partial charge >= 0.3 is 0 Å². The molecule has 0 saturated heterocycles. The van der Waals surface area contributed by atoms with Gasteiger partial charge in [0.15, 0.2) is 0 Å². The zero-order valence-corrected chi connectivity index (χ0v) is 13.6. The molecule has 6 heteroatoms. The van der Waals surface area contributed by atoms with Gasteiger partial charge in [-0.05, 0) is 36.8 Å². The number of amides is 1. The van der Waals surface area contributed by atoms with E-state index in [9.17, 15) is 14.4 Å². The normalized spacial score (nSPS) is 11.3. The number of halogens is 1. The summed E-state index contributed by atoms with van der Waals surface area (Å²) in [4.78, 5) is 12.4. The smallest absolute Gasteiger partial charge is 0.252 e. The molecule has 2 aromatic rings. The number of hydrogen-bond donors (Lipinski definition) is 1. The number of nitrogens with one attached hydrogen (secondary N) is 1. The van der Waals surface area contributed by atoms with Crippen LogP contribution >= 0.6 is 0 Å². The van der Waals surface area contributed by atoms with Gasteiger partial charge in [-0.3, -0.25) is 4.79 Å². The van der Waals surface area contributed by atoms with E-state index in [0.29, 0.717) is 22.6 Å². The summed E-state index contributed by atoms with van der Waals surface area (Å²) in [5.41, 5.74) is 1.29. The number of nitrogens with zero attached hydrogens (tertiary/aromatic N) is 1. The quantitative estimate of drug-likeness (QED) is 0.915. The van der Waals surface area contributed by atoms with E-state index >= 15 is 0 Å². The van der Waals surface area contributed by atoms with Gasteiger partial charge in [0.2, 0.25) is 0 Å². The average Bonchev–Trinajstić information content (AvgIpc) is 2.60. The lowest BCUT2D eigenvalue weighted by Crippen LogP contribution is -2.28. The predicted molar refractivity (Wildman–Crippen MR) is 86.5 cm³/mol. The van der Waals surface area contributed by atoms with Crippen LogP contribution in [-0.4, -0.2) is 20.1 Å². The summed E-state index contributed by atoms with van der Waals surface area (Å²) >= 11 is 0. The van der Waals surface area contributed by atoms with Gasteiger partial charge in [-0.15, -0.1) is 0 Å². The van der Waals surface area contributed by atoms with Crippen LogP contribution in [0.2, 0.25) is 0 Å². The van der Waals surface area contributed by atoms with Crippen molar-refractivity contribution in [3.05, 3.63) is 58.9 Å². The van der Waals surface area contributed by atoms with Crippen LogP contribution in [0.15, 0.2) is 36.4 Å². The largest absolute Gasteiger partial charge is 0.497 e. The molecule has 1 unspecified atom stereocenters. The Morgan fingerprint density at radius 2 is 1.96 bits per heavy atom. The summed E-state index contributed by atoms with van der Waals surface area (Å²) in [6, 6.07) is 9.95. The molecular weight excluding hydrogens is 311 g/mol. The standard InChI is InChI=1S/C18H17FN2O3/c1-11-4-5-12(19)8-15(11)18(22)21-16(10-20)14-7-6-13(23-2)9-17(14)24-3/h4-9,16H,1-3H3,(H,21,22). The second kappa shape index (κ2) is 7.47. The number of benzene rings is 2. The van der Waals surface area contributed by atoms with Gasteiger partial charge in [-0.1, -0.05) is 6.07 Å². The highest BCUT2D eigenvalue weighted by molar-refractivity contribution is 5.96. The molecule has 0 radical (unpaired) electrons. The molecule has 0 aliphatic heterocycles. The lowest BCUT2D eigenvalue weighted by atomic mass is 10.0. The van der Waals surface area contributed by atoms with Crippen molar-refractivity contribution in [2.24, 2.45) is 0 Å². The number of methoxy groups -OCH3 is 2. The first-order chi connectivity index (χ1) is 11.5. The topological polar surface area (TPSA) is 71.3 Å². The minimum atomic E-state index is -0.943. The number of carbonyl (C=O) groups excluding carboxylic acids is 1. The Kier molecular flexibility index (Phi) is 5.38. The molecule has 0 bridgehead atoms. The summed E-state index contributed by atoms with van der Waals surface area (Å²) in [5, 5.41) is 12.0. The highest BCUT2D eigenvalue weighted by atomic mass is 19.1. The Morgan fingerprint density at radius 1 is 1.21 bits per heavy atom. The molecule has 2 aromatic carbocycles. The molecule has 1 amide bonds. The Morgan fingerprint density at radius 3 is 2.58 bits per heavy atom. The number of aryl methyl sites for hydroxylation is 1. The SMILES string of the molecule is COc1ccc(C(C#N)NC(=O)c2cc(F)ccc2C)c(OC)c1. The third-order valence-corrected chi connectivity index (χ3v) is 3.60. The molecule has 24 heavy (non-hydrogen) atoms. The highest BCUT2D eigenvalue weighted by Crippen LogP contribution is 2.29. The van der Waals surface area contributed by atoms with Gasteiger partial charge in [0.25, 0.3) is 5.91 Å². The molecule has 0 spiro atoms. The molecule has 1 atom stereocenters. The van der Waals surface area contributed by atoms with Gasteiger partial charge in [-0.25, -0.2) is 4.39 Å². The second-order valence-corrected chi connectivity index (χ2v) is 5.10. The van der Waals surface area contributed by atoms with E-state index < -0.39 is 17.8 Å². The van der Waals surface area contributed by atoms with Gasteiger partial charge in [-0.2, -0.15) is 5.26 Å². The Bertz CT molecular complexity index is 799. The number of ether oxygens (including phenoxy) is 2. The number of rotatable bonds is 5. The van der Waals surface area contributed by atoms with E-state index in [-0.39, 0.29) is 5.56 Å². The van der Waals surface area contributed by atoms with Crippen LogP contribution in [0.4, 0.5) is 4.39 Å². The van der Waals surface area contributed by atoms with Crippen molar-refractivity contribution in [2.75, 3.05) is 14.2 Å². The van der Waals surface area contributed by atoms with E-state index in [1.807, 2.05) is 6.07 Å². The first kappa shape index (κ1) is 17.3. The molecule has 0 aromatic heterocycles. The molecule has 0 aliphatic rings. The molecule has 2 rings (SSSR count). The lowest BCUT2D eigenvalue weighted by Gasteiger charge is -2.17. The van der Waals surface area contributed by atoms with Gasteiger partial charge < -0.3 is 14.8 Å². The zero-order valence-electron chi connectivity index (χ0n) is 13.6. The average molecular weight is 328 g/mol. The van der Waals surface area contributed by atoms with Crippen molar-refractivity contribution >= 4 is 5.91 Å². The third kappa shape index (κ3) is 3.63. The van der Waals surface area contributed by atoms with Crippen molar-refractivity contribution in [2.45, 2.75) is 13.0 Å². The fourth-order valence-electron chi connectivity index (χ4n) is 2.28. The molecule has 0 saturated carbocycles. The molecule has 1 N–H and O–H groups in total. The summed E-state index contributed by atoms with van der Waals surface area (Å²) < 4.78 is 23.7. The maximum atomic E-state index is 13.4. The Balaban J connectivity index is 2.31. The van der Waals surface area contributed by atoms with Crippen LogP contribution < -0.4 is 14.8 Å². The Labute approximate surface area is 139 Å². The van der Waals surface area contributed by atoms with Crippen molar-refractivity contribution in [3.8, 4) is 17.6 Å². The lowest BCUT2D eigenvalue weighted by molar-refractivity contribution is 0.0943. The van der Waals surface area contributed by atoms with Gasteiger partial charge in [0, 0.05) is 17.2 Å². The van der Waals surface area contributed by atoms with Crippen molar-refractivity contribution in [1.29, 1.82) is 5.26 Å². The molecule has 0 heterocycles. The molecule has 5 nitrogen and oxygen atoms in total. The van der Waals surface area contributed by atoms with Crippen molar-refractivity contribution in [1.82, 2.24) is 5.32 Å². The highest BCUT2D eigenvalue weighted by Gasteiger charge is 2.20. The first-order valence-electron chi connectivity index (χ1n) is 7.18. The number of carbonyl (C=O) groups is 1. The maximum Gasteiger partial charge on any atom is 0.252 e. The summed E-state index contributed by atoms with van der Waals surface area (Å²) in [6.45, 7) is 1.70. The van der Waals surface area contributed by atoms with Crippen molar-refractivity contribution in [3.63, 3.8) is 0 Å². The number of nitriles is 1. The Hall–Kier alpha value is -3.07. The van der Waals surface area contributed by atoms with E-state index in [1.165, 1.54) is 26.4 Å². The van der Waals surface area contributed by atoms with Crippen LogP contribution in [0.5, 0.6) is 11.5 Å². The van der Waals surface area contributed by atoms with Crippen LogP contribution in [0.25, 0.3) is 0 Å². The van der Waals surface area contributed by atoms with Crippen LogP contribution in [0, 0.1) is 24.1 Å². The monoisotopic (exact) mass is 328 g/mol. The van der Waals surface area contributed by atoms with Gasteiger partial charge in [0.1, 0.15) is 23.4 Å². The minimum absolute atomic E-state index is 0.183. The van der Waals surface area contributed by atoms with E-state index in [0.717, 1.165) is 6.07 Å². The second-order valence-electron chi connectivity index (χ2n) is 5.10. The molecule has 0 fully saturated rings. The zero-order chi connectivity index (χ0) is 17.7. The fourth-order valence-corrected chi connectivity index (χ4v) is 2.28. The molecular formula is C18H17FN2O3. The van der Waals surface area contributed by atoms with Crippen molar-refractivity contribution < 1.29 is 18.7 Å². The first-order valence-corrected chi connectivity index (χ1v) is 7.18. The summed E-state index contributed by atoms with van der Waals surface area (Å²) in [6.07, 6.45) is 0. The van der Waals surface area contributed by atoms with E-state index in [2.05, 4.69) is 5.32 Å². The predicted octanol–water partition coefficient (Wildman–Crippen LogP) is 3.15. The van der Waals surface area contributed by atoms with Crippen LogP contribution in [-0.2, 0) is 0 Å². The third-order valence-electron chi connectivity index (χ3n) is 3.60. The minimum Gasteiger partial charge on any atom is -0.497 e. The molecule has 0 aliphatic carbocycles. The molecule has 124 valence electrons. The number of hydrogen-bond acceptors (Lipinski definition) is 4.